The van der Waals surface area contributed by atoms with Gasteiger partial charge in [-0.2, -0.15) is 0 Å². The molecule has 1 atom stereocenters. The summed E-state index contributed by atoms with van der Waals surface area (Å²) >= 11 is 8.34. The third-order valence-corrected chi connectivity index (χ3v) is 5.92. The number of thiazole rings is 1. The molecule has 0 aliphatic carbocycles. The Labute approximate surface area is 151 Å². The summed E-state index contributed by atoms with van der Waals surface area (Å²) in [5.74, 6) is 0. The van der Waals surface area contributed by atoms with Gasteiger partial charge in [-0.1, -0.05) is 41.9 Å². The maximum absolute atomic E-state index is 6.56. The molecule has 1 aliphatic rings. The molecule has 3 aromatic rings. The fraction of sp³-hybridized carbons (Fsp3) is 0.316. The van der Waals surface area contributed by atoms with Crippen LogP contribution in [0.1, 0.15) is 23.0 Å². The van der Waals surface area contributed by atoms with Crippen molar-refractivity contribution in [2.75, 3.05) is 26.2 Å². The number of aromatic nitrogens is 1. The molecule has 2 heterocycles. The van der Waals surface area contributed by atoms with Crippen molar-refractivity contribution in [1.29, 1.82) is 0 Å². The molecule has 1 aliphatic heterocycles. The molecule has 4 rings (SSSR count). The highest BCUT2D eigenvalue weighted by atomic mass is 35.5. The molecular weight excluding hydrogens is 338 g/mol. The van der Waals surface area contributed by atoms with E-state index < -0.39 is 0 Å². The smallest absolute Gasteiger partial charge is 0.116 e. The van der Waals surface area contributed by atoms with E-state index >= 15 is 0 Å². The second-order valence-corrected chi connectivity index (χ2v) is 7.55. The van der Waals surface area contributed by atoms with Crippen LogP contribution >= 0.6 is 22.9 Å². The number of hydrogen-bond acceptors (Lipinski definition) is 4. The molecular formula is C19H20ClN3S. The topological polar surface area (TPSA) is 28.2 Å². The minimum Gasteiger partial charge on any atom is -0.315 e. The van der Waals surface area contributed by atoms with E-state index in [-0.39, 0.29) is 6.04 Å². The van der Waals surface area contributed by atoms with Crippen LogP contribution in [0.3, 0.4) is 0 Å². The first kappa shape index (κ1) is 16.0. The Morgan fingerprint density at radius 2 is 1.88 bits per heavy atom. The van der Waals surface area contributed by atoms with Gasteiger partial charge in [-0.3, -0.25) is 4.90 Å². The van der Waals surface area contributed by atoms with Gasteiger partial charge in [0.15, 0.2) is 0 Å². The second kappa shape index (κ2) is 7.19. The highest BCUT2D eigenvalue weighted by Crippen LogP contribution is 2.37. The van der Waals surface area contributed by atoms with E-state index in [1.807, 2.05) is 18.2 Å². The van der Waals surface area contributed by atoms with Crippen molar-refractivity contribution >= 4 is 33.2 Å². The molecule has 1 unspecified atom stereocenters. The molecule has 0 spiro atoms. The van der Waals surface area contributed by atoms with Crippen LogP contribution in [0.4, 0.5) is 0 Å². The maximum atomic E-state index is 6.56. The zero-order chi connectivity index (χ0) is 16.4. The summed E-state index contributed by atoms with van der Waals surface area (Å²) < 4.78 is 1.23. The van der Waals surface area contributed by atoms with Gasteiger partial charge in [0.25, 0.3) is 0 Å². The minimum absolute atomic E-state index is 0.121. The van der Waals surface area contributed by atoms with Crippen molar-refractivity contribution in [3.63, 3.8) is 0 Å². The van der Waals surface area contributed by atoms with E-state index in [1.54, 1.807) is 11.3 Å². The molecule has 2 aromatic carbocycles. The highest BCUT2D eigenvalue weighted by molar-refractivity contribution is 7.18. The Morgan fingerprint density at radius 3 is 2.75 bits per heavy atom. The summed E-state index contributed by atoms with van der Waals surface area (Å²) in [7, 11) is 0. The number of halogens is 1. The van der Waals surface area contributed by atoms with Gasteiger partial charge in [0.2, 0.25) is 0 Å². The minimum atomic E-state index is 0.121. The predicted molar refractivity (Wildman–Crippen MR) is 102 cm³/mol. The lowest BCUT2D eigenvalue weighted by molar-refractivity contribution is 0.241. The summed E-state index contributed by atoms with van der Waals surface area (Å²) in [6.45, 7) is 4.14. The van der Waals surface area contributed by atoms with E-state index in [0.29, 0.717) is 0 Å². The van der Waals surface area contributed by atoms with Crippen LogP contribution in [0.25, 0.3) is 10.2 Å². The van der Waals surface area contributed by atoms with E-state index in [2.05, 4.69) is 40.5 Å². The standard InChI is InChI=1S/C19H20ClN3S/c20-15-7-2-1-6-14(15)18(23-12-5-10-21-11-13-23)19-22-16-8-3-4-9-17(16)24-19/h1-4,6-9,18,21H,5,10-13H2. The summed E-state index contributed by atoms with van der Waals surface area (Å²) in [6, 6.07) is 16.6. The van der Waals surface area contributed by atoms with E-state index in [9.17, 15) is 0 Å². The van der Waals surface area contributed by atoms with Crippen LogP contribution in [-0.4, -0.2) is 36.1 Å². The van der Waals surface area contributed by atoms with Gasteiger partial charge >= 0.3 is 0 Å². The van der Waals surface area contributed by atoms with Crippen molar-refractivity contribution in [3.05, 3.63) is 64.1 Å². The maximum Gasteiger partial charge on any atom is 0.116 e. The second-order valence-electron chi connectivity index (χ2n) is 6.08. The Balaban J connectivity index is 1.81. The van der Waals surface area contributed by atoms with Crippen molar-refractivity contribution < 1.29 is 0 Å². The first-order valence-electron chi connectivity index (χ1n) is 8.37. The molecule has 5 heteroatoms. The Morgan fingerprint density at radius 1 is 1.04 bits per heavy atom. The first-order chi connectivity index (χ1) is 11.8. The van der Waals surface area contributed by atoms with Crippen LogP contribution in [-0.2, 0) is 0 Å². The molecule has 1 N–H and O–H groups in total. The fourth-order valence-corrected chi connectivity index (χ4v) is 4.68. The number of para-hydroxylation sites is 1. The summed E-state index contributed by atoms with van der Waals surface area (Å²) in [6.07, 6.45) is 1.14. The van der Waals surface area contributed by atoms with Gasteiger partial charge in [-0.15, -0.1) is 11.3 Å². The summed E-state index contributed by atoms with van der Waals surface area (Å²) in [5.41, 5.74) is 2.22. The van der Waals surface area contributed by atoms with Crippen molar-refractivity contribution in [3.8, 4) is 0 Å². The molecule has 3 nitrogen and oxygen atoms in total. The van der Waals surface area contributed by atoms with E-state index in [1.165, 1.54) is 4.70 Å². The molecule has 24 heavy (non-hydrogen) atoms. The van der Waals surface area contributed by atoms with Crippen molar-refractivity contribution in [2.24, 2.45) is 0 Å². The monoisotopic (exact) mass is 357 g/mol. The van der Waals surface area contributed by atoms with Gasteiger partial charge in [-0.25, -0.2) is 4.98 Å². The Kier molecular flexibility index (Phi) is 4.81. The zero-order valence-electron chi connectivity index (χ0n) is 13.4. The van der Waals surface area contributed by atoms with Crippen LogP contribution < -0.4 is 5.32 Å². The third kappa shape index (κ3) is 3.20. The largest absolute Gasteiger partial charge is 0.315 e. The Hall–Kier alpha value is -1.46. The van der Waals surface area contributed by atoms with Crippen LogP contribution in [0.15, 0.2) is 48.5 Å². The SMILES string of the molecule is Clc1ccccc1C(c1nc2ccccc2s1)N1CCCNCC1. The van der Waals surface area contributed by atoms with Gasteiger partial charge in [0, 0.05) is 24.7 Å². The van der Waals surface area contributed by atoms with Gasteiger partial charge in [-0.05, 0) is 36.7 Å². The van der Waals surface area contributed by atoms with Crippen LogP contribution in [0.2, 0.25) is 5.02 Å². The highest BCUT2D eigenvalue weighted by Gasteiger charge is 2.27. The van der Waals surface area contributed by atoms with Crippen molar-refractivity contribution in [2.45, 2.75) is 12.5 Å². The van der Waals surface area contributed by atoms with Gasteiger partial charge in [0.05, 0.1) is 16.3 Å². The number of nitrogens with zero attached hydrogens (tertiary/aromatic N) is 2. The lowest BCUT2D eigenvalue weighted by Crippen LogP contribution is -2.33. The molecule has 1 fully saturated rings. The van der Waals surface area contributed by atoms with Crippen LogP contribution in [0.5, 0.6) is 0 Å². The molecule has 0 amide bonds. The summed E-state index contributed by atoms with van der Waals surface area (Å²) in [4.78, 5) is 7.45. The van der Waals surface area contributed by atoms with Gasteiger partial charge in [0.1, 0.15) is 5.01 Å². The molecule has 0 radical (unpaired) electrons. The van der Waals surface area contributed by atoms with Gasteiger partial charge < -0.3 is 5.32 Å². The molecule has 0 saturated carbocycles. The van der Waals surface area contributed by atoms with E-state index in [4.69, 9.17) is 16.6 Å². The molecule has 1 aromatic heterocycles. The normalized spacial score (nSPS) is 17.7. The number of benzene rings is 2. The third-order valence-electron chi connectivity index (χ3n) is 4.48. The quantitative estimate of drug-likeness (QED) is 0.756. The van der Waals surface area contributed by atoms with Crippen LogP contribution in [0, 0.1) is 0 Å². The fourth-order valence-electron chi connectivity index (χ4n) is 3.31. The zero-order valence-corrected chi connectivity index (χ0v) is 15.0. The predicted octanol–water partition coefficient (Wildman–Crippen LogP) is 4.33. The molecule has 1 saturated heterocycles. The number of hydrogen-bond donors (Lipinski definition) is 1. The summed E-state index contributed by atoms with van der Waals surface area (Å²) in [5, 5.41) is 5.43. The number of rotatable bonds is 3. The number of nitrogens with one attached hydrogen (secondary N) is 1. The average Bonchev–Trinajstić information content (AvgIpc) is 2.84. The van der Waals surface area contributed by atoms with Crippen molar-refractivity contribution in [1.82, 2.24) is 15.2 Å². The lowest BCUT2D eigenvalue weighted by atomic mass is 10.1. The average molecular weight is 358 g/mol. The molecule has 124 valence electrons. The first-order valence-corrected chi connectivity index (χ1v) is 9.57. The van der Waals surface area contributed by atoms with E-state index in [0.717, 1.165) is 53.7 Å². The lowest BCUT2D eigenvalue weighted by Gasteiger charge is -2.29. The Bertz CT molecular complexity index is 791. The molecule has 0 bridgehead atoms. The number of fused-ring (bicyclic) bond motifs is 1.